The van der Waals surface area contributed by atoms with E-state index in [9.17, 15) is 13.2 Å². The Balaban J connectivity index is 2.46. The smallest absolute Gasteiger partial charge is 0.330 e. The molecule has 1 aliphatic carbocycles. The van der Waals surface area contributed by atoms with Gasteiger partial charge in [-0.25, -0.2) is 0 Å². The Morgan fingerprint density at radius 2 is 1.92 bits per heavy atom. The first-order valence-electron chi connectivity index (χ1n) is 4.31. The molecular formula is C8H14F3N. The summed E-state index contributed by atoms with van der Waals surface area (Å²) >= 11 is 0. The summed E-state index contributed by atoms with van der Waals surface area (Å²) in [5.41, 5.74) is 5.34. The van der Waals surface area contributed by atoms with Crippen LogP contribution in [-0.4, -0.2) is 12.7 Å². The number of hydrogen-bond donors (Lipinski definition) is 1. The van der Waals surface area contributed by atoms with Gasteiger partial charge in [0.1, 0.15) is 0 Å². The molecule has 2 atom stereocenters. The predicted molar refractivity (Wildman–Crippen MR) is 40.6 cm³/mol. The van der Waals surface area contributed by atoms with Gasteiger partial charge in [0.15, 0.2) is 0 Å². The van der Waals surface area contributed by atoms with E-state index in [0.717, 1.165) is 6.42 Å². The summed E-state index contributed by atoms with van der Waals surface area (Å²) < 4.78 is 36.6. The van der Waals surface area contributed by atoms with Gasteiger partial charge in [-0.05, 0) is 31.7 Å². The van der Waals surface area contributed by atoms with Crippen molar-refractivity contribution in [3.05, 3.63) is 0 Å². The van der Waals surface area contributed by atoms with Crippen LogP contribution in [0.1, 0.15) is 25.7 Å². The average Bonchev–Trinajstić information content (AvgIpc) is 2.03. The van der Waals surface area contributed by atoms with E-state index < -0.39 is 12.1 Å². The highest BCUT2D eigenvalue weighted by Gasteiger charge is 2.41. The average molecular weight is 181 g/mol. The summed E-state index contributed by atoms with van der Waals surface area (Å²) in [5.74, 6) is -1.01. The van der Waals surface area contributed by atoms with Gasteiger partial charge in [0.25, 0.3) is 0 Å². The summed E-state index contributed by atoms with van der Waals surface area (Å²) in [4.78, 5) is 0. The minimum atomic E-state index is -4.01. The Morgan fingerprint density at radius 1 is 1.25 bits per heavy atom. The van der Waals surface area contributed by atoms with Gasteiger partial charge in [-0.2, -0.15) is 13.2 Å². The van der Waals surface area contributed by atoms with Gasteiger partial charge >= 0.3 is 6.18 Å². The molecule has 0 amide bonds. The molecule has 1 fully saturated rings. The van der Waals surface area contributed by atoms with Gasteiger partial charge in [0.2, 0.25) is 0 Å². The zero-order valence-corrected chi connectivity index (χ0v) is 6.90. The first-order chi connectivity index (χ1) is 5.54. The highest BCUT2D eigenvalue weighted by atomic mass is 19.4. The van der Waals surface area contributed by atoms with E-state index in [4.69, 9.17) is 5.73 Å². The van der Waals surface area contributed by atoms with Gasteiger partial charge in [-0.1, -0.05) is 6.42 Å². The molecule has 2 N–H and O–H groups in total. The van der Waals surface area contributed by atoms with Crippen molar-refractivity contribution in [2.45, 2.75) is 31.9 Å². The van der Waals surface area contributed by atoms with E-state index >= 15 is 0 Å². The molecule has 1 saturated carbocycles. The Bertz CT molecular complexity index is 144. The minimum Gasteiger partial charge on any atom is -0.330 e. The summed E-state index contributed by atoms with van der Waals surface area (Å²) in [6.07, 6.45) is -1.94. The lowest BCUT2D eigenvalue weighted by Gasteiger charge is -2.29. The normalized spacial score (nSPS) is 32.0. The summed E-state index contributed by atoms with van der Waals surface area (Å²) in [7, 11) is 0. The van der Waals surface area contributed by atoms with Crippen molar-refractivity contribution in [3.63, 3.8) is 0 Å². The third-order valence-electron chi connectivity index (χ3n) is 2.58. The van der Waals surface area contributed by atoms with Crippen LogP contribution in [0.5, 0.6) is 0 Å². The topological polar surface area (TPSA) is 26.0 Å². The molecule has 0 saturated heterocycles. The molecule has 0 aromatic carbocycles. The molecule has 0 aromatic heterocycles. The molecule has 12 heavy (non-hydrogen) atoms. The van der Waals surface area contributed by atoms with Crippen molar-refractivity contribution in [1.82, 2.24) is 0 Å². The van der Waals surface area contributed by atoms with Gasteiger partial charge in [0.05, 0.1) is 5.92 Å². The molecule has 0 bridgehead atoms. The molecule has 0 heterocycles. The van der Waals surface area contributed by atoms with E-state index in [1.54, 1.807) is 0 Å². The second-order valence-electron chi connectivity index (χ2n) is 3.51. The van der Waals surface area contributed by atoms with E-state index in [1.165, 1.54) is 0 Å². The molecular weight excluding hydrogens is 167 g/mol. The fourth-order valence-corrected chi connectivity index (χ4v) is 1.80. The fourth-order valence-electron chi connectivity index (χ4n) is 1.80. The maximum atomic E-state index is 12.2. The van der Waals surface area contributed by atoms with Crippen LogP contribution in [0.25, 0.3) is 0 Å². The second kappa shape index (κ2) is 3.64. The van der Waals surface area contributed by atoms with Crippen LogP contribution in [0, 0.1) is 11.8 Å². The molecule has 1 unspecified atom stereocenters. The van der Waals surface area contributed by atoms with E-state index in [1.807, 2.05) is 0 Å². The Labute approximate surface area is 70.1 Å². The molecule has 0 aromatic rings. The first-order valence-corrected chi connectivity index (χ1v) is 4.31. The Kier molecular flexibility index (Phi) is 2.99. The minimum absolute atomic E-state index is 0.0883. The highest BCUT2D eigenvalue weighted by Crippen LogP contribution is 2.39. The number of nitrogens with two attached hydrogens (primary N) is 1. The molecule has 4 heteroatoms. The van der Waals surface area contributed by atoms with Crippen LogP contribution in [0.4, 0.5) is 13.2 Å². The summed E-state index contributed by atoms with van der Waals surface area (Å²) in [5, 5.41) is 0. The predicted octanol–water partition coefficient (Wildman–Crippen LogP) is 2.31. The maximum absolute atomic E-state index is 12.2. The summed E-state index contributed by atoms with van der Waals surface area (Å²) in [6.45, 7) is 0.395. The van der Waals surface area contributed by atoms with Gasteiger partial charge in [-0.15, -0.1) is 0 Å². The zero-order valence-electron chi connectivity index (χ0n) is 6.90. The van der Waals surface area contributed by atoms with Crippen LogP contribution >= 0.6 is 0 Å². The largest absolute Gasteiger partial charge is 0.391 e. The van der Waals surface area contributed by atoms with Crippen molar-refractivity contribution in [2.75, 3.05) is 6.54 Å². The van der Waals surface area contributed by atoms with Crippen molar-refractivity contribution in [1.29, 1.82) is 0 Å². The lowest BCUT2D eigenvalue weighted by Crippen LogP contribution is -2.31. The van der Waals surface area contributed by atoms with Crippen molar-refractivity contribution >= 4 is 0 Å². The van der Waals surface area contributed by atoms with E-state index in [0.29, 0.717) is 19.4 Å². The SMILES string of the molecule is NCC1CCC[C@H](C(F)(F)F)C1. The monoisotopic (exact) mass is 181 g/mol. The molecule has 72 valence electrons. The number of alkyl halides is 3. The van der Waals surface area contributed by atoms with Crippen LogP contribution in [0.3, 0.4) is 0 Å². The zero-order chi connectivity index (χ0) is 9.19. The summed E-state index contributed by atoms with van der Waals surface area (Å²) in [6, 6.07) is 0. The molecule has 0 aliphatic heterocycles. The van der Waals surface area contributed by atoms with Crippen molar-refractivity contribution < 1.29 is 13.2 Å². The van der Waals surface area contributed by atoms with Crippen molar-refractivity contribution in [2.24, 2.45) is 17.6 Å². The standard InChI is InChI=1S/C8H14F3N/c9-8(10,11)7-3-1-2-6(4-7)5-12/h6-7H,1-5,12H2/t6?,7-/m0/s1. The quantitative estimate of drug-likeness (QED) is 0.660. The fraction of sp³-hybridized carbons (Fsp3) is 1.00. The molecule has 0 spiro atoms. The molecule has 1 aliphatic rings. The van der Waals surface area contributed by atoms with Gasteiger partial charge in [-0.3, -0.25) is 0 Å². The van der Waals surface area contributed by atoms with Gasteiger partial charge < -0.3 is 5.73 Å². The second-order valence-corrected chi connectivity index (χ2v) is 3.51. The van der Waals surface area contributed by atoms with Gasteiger partial charge in [0, 0.05) is 0 Å². The number of halogens is 3. The van der Waals surface area contributed by atoms with Crippen molar-refractivity contribution in [3.8, 4) is 0 Å². The molecule has 0 radical (unpaired) electrons. The number of rotatable bonds is 1. The number of hydrogen-bond acceptors (Lipinski definition) is 1. The van der Waals surface area contributed by atoms with E-state index in [-0.39, 0.29) is 12.3 Å². The highest BCUT2D eigenvalue weighted by molar-refractivity contribution is 4.77. The van der Waals surface area contributed by atoms with E-state index in [2.05, 4.69) is 0 Å². The first kappa shape index (κ1) is 9.84. The molecule has 1 nitrogen and oxygen atoms in total. The van der Waals surface area contributed by atoms with Crippen LogP contribution in [0.15, 0.2) is 0 Å². The molecule has 1 rings (SSSR count). The van der Waals surface area contributed by atoms with Crippen LogP contribution < -0.4 is 5.73 Å². The third kappa shape index (κ3) is 2.37. The Hall–Kier alpha value is -0.250. The lowest BCUT2D eigenvalue weighted by molar-refractivity contribution is -0.185. The van der Waals surface area contributed by atoms with Crippen LogP contribution in [-0.2, 0) is 0 Å². The third-order valence-corrected chi connectivity index (χ3v) is 2.58. The Morgan fingerprint density at radius 3 is 2.42 bits per heavy atom. The lowest BCUT2D eigenvalue weighted by atomic mass is 9.81. The maximum Gasteiger partial charge on any atom is 0.391 e. The van der Waals surface area contributed by atoms with Crippen LogP contribution in [0.2, 0.25) is 0 Å².